The van der Waals surface area contributed by atoms with Gasteiger partial charge in [0.2, 0.25) is 16.0 Å². The van der Waals surface area contributed by atoms with Crippen LogP contribution < -0.4 is 15.4 Å². The molecule has 4 rings (SSSR count). The van der Waals surface area contributed by atoms with E-state index in [9.17, 15) is 21.6 Å². The van der Waals surface area contributed by atoms with E-state index < -0.39 is 22.2 Å². The number of carboxylic acid groups (broad SMARTS) is 1. The maximum Gasteiger partial charge on any atom is 0.490 e. The lowest BCUT2D eigenvalue weighted by molar-refractivity contribution is -0.192. The third-order valence-electron chi connectivity index (χ3n) is 5.23. The normalized spacial score (nSPS) is 14.4. The summed E-state index contributed by atoms with van der Waals surface area (Å²) in [6, 6.07) is 6.65. The maximum absolute atomic E-state index is 12.9. The monoisotopic (exact) mass is 560 g/mol. The fraction of sp³-hybridized carbons (Fsp3) is 0.409. The van der Waals surface area contributed by atoms with Gasteiger partial charge in [0.15, 0.2) is 0 Å². The highest BCUT2D eigenvalue weighted by molar-refractivity contribution is 7.89. The average molecular weight is 561 g/mol. The second kappa shape index (κ2) is 12.3. The molecule has 38 heavy (non-hydrogen) atoms. The van der Waals surface area contributed by atoms with Crippen molar-refractivity contribution in [1.82, 2.24) is 19.3 Å². The van der Waals surface area contributed by atoms with Crippen LogP contribution >= 0.6 is 0 Å². The number of anilines is 3. The van der Waals surface area contributed by atoms with E-state index in [0.717, 1.165) is 24.2 Å². The Labute approximate surface area is 216 Å². The number of H-pyrrole nitrogens is 1. The second-order valence-corrected chi connectivity index (χ2v) is 9.81. The lowest BCUT2D eigenvalue weighted by atomic mass is 10.3. The molecule has 3 heterocycles. The zero-order valence-corrected chi connectivity index (χ0v) is 21.3. The molecular weight excluding hydrogens is 533 g/mol. The maximum atomic E-state index is 12.9. The molecule has 1 fully saturated rings. The van der Waals surface area contributed by atoms with Crippen LogP contribution in [0.3, 0.4) is 0 Å². The average Bonchev–Trinajstić information content (AvgIpc) is 3.36. The first-order valence-corrected chi connectivity index (χ1v) is 12.8. The number of halogens is 3. The number of methoxy groups -OCH3 is 1. The predicted molar refractivity (Wildman–Crippen MR) is 132 cm³/mol. The Morgan fingerprint density at radius 2 is 1.92 bits per heavy atom. The van der Waals surface area contributed by atoms with Crippen LogP contribution in [0, 0.1) is 0 Å². The fourth-order valence-corrected chi connectivity index (χ4v) is 4.79. The van der Waals surface area contributed by atoms with E-state index in [1.54, 1.807) is 12.1 Å². The summed E-state index contributed by atoms with van der Waals surface area (Å²) in [7, 11) is -2.13. The minimum absolute atomic E-state index is 0.169. The molecule has 0 aliphatic carbocycles. The Balaban J connectivity index is 0.000000505. The van der Waals surface area contributed by atoms with Crippen molar-refractivity contribution in [2.75, 3.05) is 50.6 Å². The van der Waals surface area contributed by atoms with Gasteiger partial charge in [-0.3, -0.25) is 0 Å². The highest BCUT2D eigenvalue weighted by Gasteiger charge is 2.38. The van der Waals surface area contributed by atoms with E-state index in [1.165, 1.54) is 17.5 Å². The molecule has 3 aromatic rings. The SMILES string of the molecule is CCCNc1nc(Nc2ccc(S(=O)(=O)N3CCOCC3)cc2OC)nc2[nH]ccc12.O=C(O)C(F)(F)F. The van der Waals surface area contributed by atoms with Crippen molar-refractivity contribution < 1.29 is 41.0 Å². The number of aromatic amines is 1. The van der Waals surface area contributed by atoms with Gasteiger partial charge in [-0.25, -0.2) is 13.2 Å². The number of fused-ring (bicyclic) bond motifs is 1. The van der Waals surface area contributed by atoms with Gasteiger partial charge >= 0.3 is 12.1 Å². The van der Waals surface area contributed by atoms with Crippen LogP contribution in [0.15, 0.2) is 35.4 Å². The van der Waals surface area contributed by atoms with E-state index in [-0.39, 0.29) is 4.90 Å². The molecule has 2 aromatic heterocycles. The standard InChI is InChI=1S/C20H26N6O4S.C2HF3O2/c1-3-7-21-18-15-6-8-22-19(15)25-20(24-18)23-16-5-4-14(13-17(16)29-2)31(27,28)26-9-11-30-12-10-26;3-2(4,5)1(6)7/h4-6,8,13H,3,7,9-12H2,1-2H3,(H3,21,22,23,24,25);(H,6,7). The molecule has 1 aliphatic rings. The molecular formula is C22H27F3N6O6S. The molecule has 12 nitrogen and oxygen atoms in total. The third kappa shape index (κ3) is 7.02. The van der Waals surface area contributed by atoms with Gasteiger partial charge in [0.25, 0.3) is 0 Å². The van der Waals surface area contributed by atoms with E-state index in [0.29, 0.717) is 49.3 Å². The Morgan fingerprint density at radius 3 is 2.53 bits per heavy atom. The Morgan fingerprint density at radius 1 is 1.24 bits per heavy atom. The third-order valence-corrected chi connectivity index (χ3v) is 7.12. The summed E-state index contributed by atoms with van der Waals surface area (Å²) in [5.74, 6) is -1.28. The van der Waals surface area contributed by atoms with Gasteiger partial charge in [0.05, 0.1) is 36.3 Å². The Kier molecular flexibility index (Phi) is 9.35. The largest absolute Gasteiger partial charge is 0.495 e. The number of carbonyl (C=O) groups is 1. The minimum atomic E-state index is -5.08. The summed E-state index contributed by atoms with van der Waals surface area (Å²) >= 11 is 0. The number of alkyl halides is 3. The van der Waals surface area contributed by atoms with Gasteiger partial charge in [0, 0.05) is 31.9 Å². The van der Waals surface area contributed by atoms with Crippen molar-refractivity contribution >= 4 is 44.5 Å². The molecule has 0 amide bonds. The van der Waals surface area contributed by atoms with E-state index in [1.807, 2.05) is 12.3 Å². The van der Waals surface area contributed by atoms with Gasteiger partial charge in [0.1, 0.15) is 17.2 Å². The van der Waals surface area contributed by atoms with Gasteiger partial charge in [-0.15, -0.1) is 0 Å². The topological polar surface area (TPSA) is 159 Å². The zero-order chi connectivity index (χ0) is 27.9. The lowest BCUT2D eigenvalue weighted by Crippen LogP contribution is -2.40. The molecule has 0 saturated carbocycles. The summed E-state index contributed by atoms with van der Waals surface area (Å²) in [6.07, 6.45) is -2.31. The smallest absolute Gasteiger partial charge is 0.490 e. The van der Waals surface area contributed by atoms with Crippen LogP contribution in [-0.2, 0) is 19.6 Å². The first kappa shape index (κ1) is 28.9. The fourth-order valence-electron chi connectivity index (χ4n) is 3.37. The number of aliphatic carboxylic acids is 1. The molecule has 0 bridgehead atoms. The summed E-state index contributed by atoms with van der Waals surface area (Å²) in [4.78, 5) is 21.2. The number of hydrogen-bond acceptors (Lipinski definition) is 9. The van der Waals surface area contributed by atoms with Crippen LogP contribution in [0.4, 0.5) is 30.6 Å². The van der Waals surface area contributed by atoms with Crippen molar-refractivity contribution in [3.63, 3.8) is 0 Å². The summed E-state index contributed by atoms with van der Waals surface area (Å²) in [6.45, 7) is 4.32. The molecule has 4 N–H and O–H groups in total. The highest BCUT2D eigenvalue weighted by Crippen LogP contribution is 2.32. The molecule has 208 valence electrons. The van der Waals surface area contributed by atoms with Crippen LogP contribution in [0.5, 0.6) is 5.75 Å². The van der Waals surface area contributed by atoms with Gasteiger partial charge in [-0.2, -0.15) is 27.4 Å². The van der Waals surface area contributed by atoms with Gasteiger partial charge in [-0.05, 0) is 24.6 Å². The first-order valence-electron chi connectivity index (χ1n) is 11.4. The number of rotatable bonds is 8. The lowest BCUT2D eigenvalue weighted by Gasteiger charge is -2.26. The zero-order valence-electron chi connectivity index (χ0n) is 20.5. The van der Waals surface area contributed by atoms with Crippen molar-refractivity contribution in [2.24, 2.45) is 0 Å². The number of nitrogens with zero attached hydrogens (tertiary/aromatic N) is 3. The number of aromatic nitrogens is 3. The van der Waals surface area contributed by atoms with E-state index in [2.05, 4.69) is 32.5 Å². The van der Waals surface area contributed by atoms with Gasteiger partial charge < -0.3 is 30.2 Å². The number of ether oxygens (including phenoxy) is 2. The molecule has 0 spiro atoms. The molecule has 0 radical (unpaired) electrons. The molecule has 1 aliphatic heterocycles. The van der Waals surface area contributed by atoms with Crippen LogP contribution in [-0.4, -0.2) is 84.9 Å². The van der Waals surface area contributed by atoms with Crippen LogP contribution in [0.1, 0.15) is 13.3 Å². The van der Waals surface area contributed by atoms with Crippen molar-refractivity contribution in [3.8, 4) is 5.75 Å². The first-order chi connectivity index (χ1) is 18.0. The molecule has 0 atom stereocenters. The molecule has 16 heteroatoms. The number of nitrogens with one attached hydrogen (secondary N) is 3. The second-order valence-electron chi connectivity index (χ2n) is 7.87. The van der Waals surface area contributed by atoms with Gasteiger partial charge in [-0.1, -0.05) is 6.92 Å². The summed E-state index contributed by atoms with van der Waals surface area (Å²) < 4.78 is 69.8. The number of morpholine rings is 1. The molecule has 1 saturated heterocycles. The summed E-state index contributed by atoms with van der Waals surface area (Å²) in [5, 5.41) is 14.5. The minimum Gasteiger partial charge on any atom is -0.495 e. The number of benzene rings is 1. The molecule has 1 aromatic carbocycles. The van der Waals surface area contributed by atoms with E-state index in [4.69, 9.17) is 19.4 Å². The van der Waals surface area contributed by atoms with E-state index >= 15 is 0 Å². The predicted octanol–water partition coefficient (Wildman–Crippen LogP) is 3.19. The van der Waals surface area contributed by atoms with Crippen LogP contribution in [0.2, 0.25) is 0 Å². The molecule has 0 unspecified atom stereocenters. The van der Waals surface area contributed by atoms with Crippen LogP contribution in [0.25, 0.3) is 11.0 Å². The number of carboxylic acids is 1. The summed E-state index contributed by atoms with van der Waals surface area (Å²) in [5.41, 5.74) is 1.26. The van der Waals surface area contributed by atoms with Crippen molar-refractivity contribution in [3.05, 3.63) is 30.5 Å². The quantitative estimate of drug-likeness (QED) is 0.322. The number of hydrogen-bond donors (Lipinski definition) is 4. The van der Waals surface area contributed by atoms with Crippen molar-refractivity contribution in [2.45, 2.75) is 24.4 Å². The van der Waals surface area contributed by atoms with Crippen molar-refractivity contribution in [1.29, 1.82) is 0 Å². The Bertz CT molecular complexity index is 1360. The highest BCUT2D eigenvalue weighted by atomic mass is 32.2. The number of sulfonamides is 1. The Hall–Kier alpha value is -3.63.